The van der Waals surface area contributed by atoms with Gasteiger partial charge in [-0.25, -0.2) is 4.40 Å². The van der Waals surface area contributed by atoms with Gasteiger partial charge in [-0.2, -0.15) is 0 Å². The summed E-state index contributed by atoms with van der Waals surface area (Å²) in [4.78, 5) is 11.1. The SMILES string of the molecule is Cn1cc(Br)c(/C=N/S)cc1=O. The molecule has 0 atom stereocenters. The van der Waals surface area contributed by atoms with Crippen molar-refractivity contribution in [3.05, 3.63) is 32.7 Å². The van der Waals surface area contributed by atoms with Crippen LogP contribution in [0, 0.1) is 0 Å². The van der Waals surface area contributed by atoms with Crippen LogP contribution in [-0.4, -0.2) is 10.8 Å². The Morgan fingerprint density at radius 3 is 3.00 bits per heavy atom. The highest BCUT2D eigenvalue weighted by molar-refractivity contribution is 9.10. The number of aromatic nitrogens is 1. The first-order valence-electron chi connectivity index (χ1n) is 3.19. The number of hydrogen-bond acceptors (Lipinski definition) is 3. The fourth-order valence-corrected chi connectivity index (χ4v) is 1.42. The molecule has 0 aliphatic rings. The van der Waals surface area contributed by atoms with Gasteiger partial charge in [0.2, 0.25) is 0 Å². The molecule has 0 N–H and O–H groups in total. The van der Waals surface area contributed by atoms with Crippen molar-refractivity contribution in [1.29, 1.82) is 0 Å². The molecule has 0 spiro atoms. The van der Waals surface area contributed by atoms with E-state index in [0.717, 1.165) is 10.0 Å². The average Bonchev–Trinajstić information content (AvgIpc) is 2.01. The van der Waals surface area contributed by atoms with Gasteiger partial charge in [-0.1, -0.05) is 0 Å². The van der Waals surface area contributed by atoms with E-state index in [0.29, 0.717) is 0 Å². The average molecular weight is 247 g/mol. The van der Waals surface area contributed by atoms with Gasteiger partial charge in [0.25, 0.3) is 5.56 Å². The Labute approximate surface area is 83.8 Å². The Balaban J connectivity index is 3.33. The molecule has 0 aliphatic heterocycles. The maximum absolute atomic E-state index is 11.1. The van der Waals surface area contributed by atoms with Crippen LogP contribution in [0.15, 0.2) is 25.9 Å². The minimum atomic E-state index is -0.0681. The van der Waals surface area contributed by atoms with Crippen molar-refractivity contribution in [3.63, 3.8) is 0 Å². The van der Waals surface area contributed by atoms with Gasteiger partial charge in [0.1, 0.15) is 0 Å². The molecule has 0 fully saturated rings. The number of hydrogen-bond donors (Lipinski definition) is 1. The summed E-state index contributed by atoms with van der Waals surface area (Å²) in [5.74, 6) is 0. The molecule has 0 radical (unpaired) electrons. The van der Waals surface area contributed by atoms with Gasteiger partial charge >= 0.3 is 0 Å². The monoisotopic (exact) mass is 246 g/mol. The topological polar surface area (TPSA) is 34.4 Å². The number of aryl methyl sites for hydroxylation is 1. The molecule has 3 nitrogen and oxygen atoms in total. The highest BCUT2D eigenvalue weighted by atomic mass is 79.9. The summed E-state index contributed by atoms with van der Waals surface area (Å²) in [6.45, 7) is 0. The van der Waals surface area contributed by atoms with Crippen molar-refractivity contribution in [2.24, 2.45) is 11.4 Å². The van der Waals surface area contributed by atoms with Gasteiger partial charge in [0, 0.05) is 35.6 Å². The number of pyridine rings is 1. The fraction of sp³-hybridized carbons (Fsp3) is 0.143. The maximum Gasteiger partial charge on any atom is 0.250 e. The summed E-state index contributed by atoms with van der Waals surface area (Å²) in [5.41, 5.74) is 0.662. The Bertz CT molecular complexity index is 372. The van der Waals surface area contributed by atoms with E-state index in [1.54, 1.807) is 13.2 Å². The van der Waals surface area contributed by atoms with E-state index in [2.05, 4.69) is 33.1 Å². The van der Waals surface area contributed by atoms with E-state index in [4.69, 9.17) is 0 Å². The second-order valence-corrected chi connectivity index (χ2v) is 3.36. The summed E-state index contributed by atoms with van der Waals surface area (Å²) in [6.07, 6.45) is 3.20. The van der Waals surface area contributed by atoms with E-state index < -0.39 is 0 Å². The first-order valence-corrected chi connectivity index (χ1v) is 4.38. The Morgan fingerprint density at radius 2 is 2.42 bits per heavy atom. The van der Waals surface area contributed by atoms with Crippen molar-refractivity contribution in [1.82, 2.24) is 4.57 Å². The Morgan fingerprint density at radius 1 is 1.75 bits per heavy atom. The van der Waals surface area contributed by atoms with Gasteiger partial charge in [0.05, 0.1) is 0 Å². The summed E-state index contributed by atoms with van der Waals surface area (Å²) in [6, 6.07) is 1.49. The molecule has 1 aromatic heterocycles. The highest BCUT2D eigenvalue weighted by Gasteiger charge is 1.98. The molecule has 12 heavy (non-hydrogen) atoms. The largest absolute Gasteiger partial charge is 0.317 e. The summed E-state index contributed by atoms with van der Waals surface area (Å²) < 4.78 is 5.84. The molecule has 0 saturated carbocycles. The second kappa shape index (κ2) is 3.91. The number of rotatable bonds is 1. The molecule has 0 aliphatic carbocycles. The molecule has 1 aromatic rings. The van der Waals surface area contributed by atoms with Crippen LogP contribution in [0.25, 0.3) is 0 Å². The molecule has 5 heteroatoms. The third kappa shape index (κ3) is 1.98. The molecule has 1 rings (SSSR count). The second-order valence-electron chi connectivity index (χ2n) is 2.27. The molecular formula is C7H7BrN2OS. The molecule has 0 saturated heterocycles. The standard InChI is InChI=1S/C7H7BrN2OS/c1-10-4-6(8)5(3-9-12)2-7(10)11/h2-4,12H,1H3/b9-3+. The summed E-state index contributed by atoms with van der Waals surface area (Å²) >= 11 is 6.98. The Kier molecular flexibility index (Phi) is 3.11. The van der Waals surface area contributed by atoms with Crippen LogP contribution in [0.4, 0.5) is 0 Å². The van der Waals surface area contributed by atoms with Crippen molar-refractivity contribution >= 4 is 35.0 Å². The molecule has 0 amide bonds. The van der Waals surface area contributed by atoms with Crippen molar-refractivity contribution in [2.75, 3.05) is 0 Å². The van der Waals surface area contributed by atoms with Crippen LogP contribution in [0.2, 0.25) is 0 Å². The lowest BCUT2D eigenvalue weighted by molar-refractivity contribution is 0.854. The van der Waals surface area contributed by atoms with E-state index in [1.807, 2.05) is 0 Å². The lowest BCUT2D eigenvalue weighted by Crippen LogP contribution is -2.15. The molecule has 64 valence electrons. The molecule has 0 unspecified atom stereocenters. The van der Waals surface area contributed by atoms with Crippen LogP contribution >= 0.6 is 28.7 Å². The van der Waals surface area contributed by atoms with Crippen molar-refractivity contribution < 1.29 is 0 Å². The quantitative estimate of drug-likeness (QED) is 0.591. The highest BCUT2D eigenvalue weighted by Crippen LogP contribution is 2.11. The zero-order valence-electron chi connectivity index (χ0n) is 6.36. The molecule has 0 aromatic carbocycles. The molecule has 0 bridgehead atoms. The predicted octanol–water partition coefficient (Wildman–Crippen LogP) is 1.41. The Hall–Kier alpha value is -0.550. The number of thiol groups is 1. The summed E-state index contributed by atoms with van der Waals surface area (Å²) in [5, 5.41) is 0. The minimum absolute atomic E-state index is 0.0681. The third-order valence-corrected chi connectivity index (χ3v) is 2.18. The zero-order valence-corrected chi connectivity index (χ0v) is 8.84. The van der Waals surface area contributed by atoms with Gasteiger partial charge in [-0.3, -0.25) is 4.79 Å². The third-order valence-electron chi connectivity index (χ3n) is 1.41. The number of nitrogens with zero attached hydrogens (tertiary/aromatic N) is 2. The lowest BCUT2D eigenvalue weighted by atomic mass is 10.3. The van der Waals surface area contributed by atoms with Crippen LogP contribution < -0.4 is 5.56 Å². The van der Waals surface area contributed by atoms with Crippen LogP contribution in [0.1, 0.15) is 5.56 Å². The van der Waals surface area contributed by atoms with Crippen molar-refractivity contribution in [3.8, 4) is 0 Å². The van der Waals surface area contributed by atoms with Gasteiger partial charge in [-0.15, -0.1) is 0 Å². The maximum atomic E-state index is 11.1. The van der Waals surface area contributed by atoms with Gasteiger partial charge < -0.3 is 4.57 Å². The first-order chi connectivity index (χ1) is 5.65. The minimum Gasteiger partial charge on any atom is -0.317 e. The molecular weight excluding hydrogens is 240 g/mol. The van der Waals surface area contributed by atoms with E-state index in [1.165, 1.54) is 16.8 Å². The van der Waals surface area contributed by atoms with Crippen LogP contribution in [0.3, 0.4) is 0 Å². The lowest BCUT2D eigenvalue weighted by Gasteiger charge is -1.99. The van der Waals surface area contributed by atoms with Crippen molar-refractivity contribution in [2.45, 2.75) is 0 Å². The van der Waals surface area contributed by atoms with Gasteiger partial charge in [-0.05, 0) is 28.7 Å². The van der Waals surface area contributed by atoms with Crippen LogP contribution in [0.5, 0.6) is 0 Å². The van der Waals surface area contributed by atoms with E-state index in [-0.39, 0.29) is 5.56 Å². The van der Waals surface area contributed by atoms with Gasteiger partial charge in [0.15, 0.2) is 0 Å². The zero-order chi connectivity index (χ0) is 9.14. The smallest absolute Gasteiger partial charge is 0.250 e. The van der Waals surface area contributed by atoms with E-state index in [9.17, 15) is 4.79 Å². The number of halogens is 1. The van der Waals surface area contributed by atoms with Crippen LogP contribution in [-0.2, 0) is 7.05 Å². The first kappa shape index (κ1) is 9.54. The summed E-state index contributed by atoms with van der Waals surface area (Å²) in [7, 11) is 1.69. The predicted molar refractivity (Wildman–Crippen MR) is 56.0 cm³/mol. The van der Waals surface area contributed by atoms with E-state index >= 15 is 0 Å². The normalized spacial score (nSPS) is 10.9. The fourth-order valence-electron chi connectivity index (χ4n) is 0.773. The molecule has 1 heterocycles.